The molecule has 74 valence electrons. The van der Waals surface area contributed by atoms with Gasteiger partial charge in [-0.05, 0) is 43.2 Å². The average molecular weight is 188 g/mol. The first kappa shape index (κ1) is 9.28. The number of fused-ring (bicyclic) bond motifs is 1. The van der Waals surface area contributed by atoms with Gasteiger partial charge in [0, 0.05) is 25.3 Å². The molecule has 0 N–H and O–H groups in total. The van der Waals surface area contributed by atoms with Crippen molar-refractivity contribution in [3.05, 3.63) is 36.0 Å². The first-order chi connectivity index (χ1) is 6.66. The van der Waals surface area contributed by atoms with Crippen LogP contribution in [-0.2, 0) is 13.6 Å². The van der Waals surface area contributed by atoms with Gasteiger partial charge in [-0.2, -0.15) is 0 Å². The fourth-order valence-electron chi connectivity index (χ4n) is 1.79. The van der Waals surface area contributed by atoms with E-state index in [-0.39, 0.29) is 0 Å². The predicted molar refractivity (Wildman–Crippen MR) is 60.3 cm³/mol. The van der Waals surface area contributed by atoms with Crippen LogP contribution in [0.15, 0.2) is 30.5 Å². The van der Waals surface area contributed by atoms with Crippen molar-refractivity contribution in [2.75, 3.05) is 14.1 Å². The topological polar surface area (TPSA) is 8.17 Å². The first-order valence-corrected chi connectivity index (χ1v) is 4.85. The number of nitrogens with zero attached hydrogens (tertiary/aromatic N) is 2. The molecular formula is C12H16N2. The third-order valence-electron chi connectivity index (χ3n) is 2.45. The van der Waals surface area contributed by atoms with E-state index in [4.69, 9.17) is 0 Å². The zero-order chi connectivity index (χ0) is 10.1. The molecule has 14 heavy (non-hydrogen) atoms. The predicted octanol–water partition coefficient (Wildman–Crippen LogP) is 2.24. The van der Waals surface area contributed by atoms with E-state index in [0.29, 0.717) is 0 Å². The lowest BCUT2D eigenvalue weighted by atomic mass is 10.1. The van der Waals surface area contributed by atoms with Crippen LogP contribution in [0.2, 0.25) is 0 Å². The van der Waals surface area contributed by atoms with Crippen molar-refractivity contribution in [1.29, 1.82) is 0 Å². The van der Waals surface area contributed by atoms with Gasteiger partial charge in [-0.1, -0.05) is 6.07 Å². The molecule has 0 fully saturated rings. The Morgan fingerprint density at radius 1 is 1.21 bits per heavy atom. The van der Waals surface area contributed by atoms with Crippen LogP contribution in [0.3, 0.4) is 0 Å². The summed E-state index contributed by atoms with van der Waals surface area (Å²) in [6, 6.07) is 8.81. The maximum absolute atomic E-state index is 2.26. The van der Waals surface area contributed by atoms with Gasteiger partial charge in [0.2, 0.25) is 0 Å². The minimum Gasteiger partial charge on any atom is -0.351 e. The molecule has 1 aromatic heterocycles. The van der Waals surface area contributed by atoms with Gasteiger partial charge in [0.25, 0.3) is 0 Å². The van der Waals surface area contributed by atoms with Crippen LogP contribution in [0.1, 0.15) is 5.56 Å². The van der Waals surface area contributed by atoms with Crippen molar-refractivity contribution in [1.82, 2.24) is 9.47 Å². The van der Waals surface area contributed by atoms with Gasteiger partial charge in [-0.15, -0.1) is 0 Å². The summed E-state index contributed by atoms with van der Waals surface area (Å²) in [5.74, 6) is 0. The number of hydrogen-bond acceptors (Lipinski definition) is 1. The molecule has 0 spiro atoms. The zero-order valence-corrected chi connectivity index (χ0v) is 8.99. The minimum atomic E-state index is 1.00. The number of rotatable bonds is 2. The number of aromatic nitrogens is 1. The summed E-state index contributed by atoms with van der Waals surface area (Å²) in [6.45, 7) is 1.00. The molecule has 0 saturated heterocycles. The largest absolute Gasteiger partial charge is 0.351 e. The highest BCUT2D eigenvalue weighted by molar-refractivity contribution is 5.80. The third-order valence-corrected chi connectivity index (χ3v) is 2.45. The van der Waals surface area contributed by atoms with E-state index in [1.54, 1.807) is 0 Å². The van der Waals surface area contributed by atoms with E-state index in [0.717, 1.165) is 6.54 Å². The second-order valence-corrected chi connectivity index (χ2v) is 4.06. The van der Waals surface area contributed by atoms with Gasteiger partial charge in [0.15, 0.2) is 0 Å². The summed E-state index contributed by atoms with van der Waals surface area (Å²) in [5, 5.41) is 1.33. The lowest BCUT2D eigenvalue weighted by Crippen LogP contribution is -2.10. The van der Waals surface area contributed by atoms with Crippen molar-refractivity contribution >= 4 is 10.9 Å². The highest BCUT2D eigenvalue weighted by Crippen LogP contribution is 2.17. The van der Waals surface area contributed by atoms with Crippen molar-refractivity contribution in [2.45, 2.75) is 6.54 Å². The van der Waals surface area contributed by atoms with Gasteiger partial charge in [0.05, 0.1) is 0 Å². The smallest absolute Gasteiger partial charge is 0.0477 e. The Bertz CT molecular complexity index is 441. The van der Waals surface area contributed by atoms with Crippen molar-refractivity contribution in [2.24, 2.45) is 7.05 Å². The van der Waals surface area contributed by atoms with Crippen LogP contribution in [-0.4, -0.2) is 23.6 Å². The normalized spacial score (nSPS) is 11.4. The highest BCUT2D eigenvalue weighted by atomic mass is 15.0. The summed E-state index contributed by atoms with van der Waals surface area (Å²) >= 11 is 0. The summed E-state index contributed by atoms with van der Waals surface area (Å²) in [6.07, 6.45) is 2.10. The minimum absolute atomic E-state index is 1.00. The average Bonchev–Trinajstić information content (AvgIpc) is 2.46. The Labute approximate surface area is 84.8 Å². The fourth-order valence-corrected chi connectivity index (χ4v) is 1.79. The van der Waals surface area contributed by atoms with E-state index in [1.165, 1.54) is 16.5 Å². The zero-order valence-electron chi connectivity index (χ0n) is 8.99. The Hall–Kier alpha value is -1.28. The number of hydrogen-bond donors (Lipinski definition) is 0. The monoisotopic (exact) mass is 188 g/mol. The Morgan fingerprint density at radius 2 is 2.00 bits per heavy atom. The second-order valence-electron chi connectivity index (χ2n) is 4.06. The molecule has 2 rings (SSSR count). The van der Waals surface area contributed by atoms with Gasteiger partial charge in [-0.25, -0.2) is 0 Å². The highest BCUT2D eigenvalue weighted by Gasteiger charge is 2.00. The van der Waals surface area contributed by atoms with Crippen LogP contribution in [0, 0.1) is 0 Å². The third kappa shape index (κ3) is 1.66. The molecule has 2 aromatic rings. The van der Waals surface area contributed by atoms with Crippen molar-refractivity contribution in [3.8, 4) is 0 Å². The number of benzene rings is 1. The van der Waals surface area contributed by atoms with Crippen LogP contribution in [0.5, 0.6) is 0 Å². The van der Waals surface area contributed by atoms with Gasteiger partial charge in [0.1, 0.15) is 0 Å². The Kier molecular flexibility index (Phi) is 2.30. The molecule has 0 bridgehead atoms. The maximum Gasteiger partial charge on any atom is 0.0477 e. The molecule has 1 aromatic carbocycles. The summed E-state index contributed by atoms with van der Waals surface area (Å²) < 4.78 is 2.15. The van der Waals surface area contributed by atoms with Crippen molar-refractivity contribution < 1.29 is 0 Å². The lowest BCUT2D eigenvalue weighted by Gasteiger charge is -2.09. The molecular weight excluding hydrogens is 172 g/mol. The maximum atomic E-state index is 2.26. The first-order valence-electron chi connectivity index (χ1n) is 4.85. The molecule has 0 aliphatic carbocycles. The van der Waals surface area contributed by atoms with E-state index in [1.807, 2.05) is 0 Å². The molecule has 0 radical (unpaired) electrons. The van der Waals surface area contributed by atoms with Crippen LogP contribution >= 0.6 is 0 Å². The van der Waals surface area contributed by atoms with E-state index in [9.17, 15) is 0 Å². The Morgan fingerprint density at radius 3 is 2.71 bits per heavy atom. The molecule has 2 heteroatoms. The van der Waals surface area contributed by atoms with E-state index in [2.05, 4.69) is 61.1 Å². The molecule has 1 heterocycles. The fraction of sp³-hybridized carbons (Fsp3) is 0.333. The molecule has 0 atom stereocenters. The Balaban J connectivity index is 2.42. The quantitative estimate of drug-likeness (QED) is 0.701. The molecule has 0 amide bonds. The number of aryl methyl sites for hydroxylation is 1. The van der Waals surface area contributed by atoms with Gasteiger partial charge < -0.3 is 9.47 Å². The summed E-state index contributed by atoms with van der Waals surface area (Å²) in [7, 11) is 6.26. The molecule has 0 saturated carbocycles. The second kappa shape index (κ2) is 3.46. The van der Waals surface area contributed by atoms with Crippen LogP contribution in [0.4, 0.5) is 0 Å². The van der Waals surface area contributed by atoms with Crippen molar-refractivity contribution in [3.63, 3.8) is 0 Å². The molecule has 0 aliphatic heterocycles. The van der Waals surface area contributed by atoms with E-state index < -0.39 is 0 Å². The van der Waals surface area contributed by atoms with Crippen LogP contribution < -0.4 is 0 Å². The van der Waals surface area contributed by atoms with Gasteiger partial charge in [-0.3, -0.25) is 0 Å². The molecule has 0 aliphatic rings. The SMILES string of the molecule is CN(C)Cc1ccc2c(ccn2C)c1. The summed E-state index contributed by atoms with van der Waals surface area (Å²) in [4.78, 5) is 2.18. The van der Waals surface area contributed by atoms with E-state index >= 15 is 0 Å². The van der Waals surface area contributed by atoms with Crippen LogP contribution in [0.25, 0.3) is 10.9 Å². The standard InChI is InChI=1S/C12H16N2/c1-13(2)9-10-4-5-12-11(8-10)6-7-14(12)3/h4-8H,9H2,1-3H3. The summed E-state index contributed by atoms with van der Waals surface area (Å²) in [5.41, 5.74) is 2.67. The lowest BCUT2D eigenvalue weighted by molar-refractivity contribution is 0.403. The van der Waals surface area contributed by atoms with Gasteiger partial charge >= 0.3 is 0 Å². The molecule has 2 nitrogen and oxygen atoms in total. The molecule has 0 unspecified atom stereocenters.